The molecule has 0 radical (unpaired) electrons. The lowest BCUT2D eigenvalue weighted by Crippen LogP contribution is -2.79. The third kappa shape index (κ3) is 3.56. The molecule has 8 nitrogen and oxygen atoms in total. The summed E-state index contributed by atoms with van der Waals surface area (Å²) in [5.41, 5.74) is -6.67. The predicted molar refractivity (Wildman–Crippen MR) is 138 cm³/mol. The van der Waals surface area contributed by atoms with Crippen molar-refractivity contribution >= 4 is 11.9 Å². The van der Waals surface area contributed by atoms with Gasteiger partial charge in [-0.2, -0.15) is 0 Å². The summed E-state index contributed by atoms with van der Waals surface area (Å²) in [6.45, 7) is 6.66. The number of carbonyl (C=O) groups is 2. The molecule has 8 heteroatoms. The summed E-state index contributed by atoms with van der Waals surface area (Å²) in [7, 11) is 0. The second kappa shape index (κ2) is 9.01. The Labute approximate surface area is 224 Å². The fraction of sp³-hybridized carbons (Fsp3) is 0.733. The van der Waals surface area contributed by atoms with Crippen LogP contribution in [0.25, 0.3) is 0 Å². The van der Waals surface area contributed by atoms with Crippen LogP contribution >= 0.6 is 0 Å². The van der Waals surface area contributed by atoms with Gasteiger partial charge in [-0.15, -0.1) is 0 Å². The zero-order valence-electron chi connectivity index (χ0n) is 22.9. The number of aliphatic hydroxyl groups excluding tert-OH is 1. The van der Waals surface area contributed by atoms with Crippen LogP contribution in [0.3, 0.4) is 0 Å². The maximum absolute atomic E-state index is 13.4. The van der Waals surface area contributed by atoms with E-state index in [1.165, 1.54) is 6.92 Å². The van der Waals surface area contributed by atoms with Gasteiger partial charge in [0.25, 0.3) is 0 Å². The van der Waals surface area contributed by atoms with Crippen LogP contribution in [0, 0.1) is 22.7 Å². The van der Waals surface area contributed by atoms with Crippen LogP contribution in [-0.2, 0) is 14.3 Å². The van der Waals surface area contributed by atoms with Crippen LogP contribution in [0.5, 0.6) is 0 Å². The molecule has 0 saturated heterocycles. The molecule has 4 N–H and O–H groups in total. The van der Waals surface area contributed by atoms with E-state index in [1.807, 2.05) is 0 Å². The summed E-state index contributed by atoms with van der Waals surface area (Å²) in [4.78, 5) is 25.3. The van der Waals surface area contributed by atoms with Crippen LogP contribution in [0.2, 0.25) is 0 Å². The van der Waals surface area contributed by atoms with Gasteiger partial charge in [-0.1, -0.05) is 32.0 Å². The molecule has 0 spiro atoms. The smallest absolute Gasteiger partial charge is 0.338 e. The molecule has 0 aliphatic heterocycles. The molecule has 4 aliphatic carbocycles. The van der Waals surface area contributed by atoms with Gasteiger partial charge in [0.15, 0.2) is 0 Å². The zero-order valence-corrected chi connectivity index (χ0v) is 22.9. The maximum Gasteiger partial charge on any atom is 0.338 e. The molecule has 4 saturated carbocycles. The minimum atomic E-state index is -1.81. The molecular formula is C30H42O8. The number of fused-ring (bicyclic) bond motifs is 5. The van der Waals surface area contributed by atoms with Gasteiger partial charge in [0, 0.05) is 6.92 Å². The third-order valence-electron chi connectivity index (χ3n) is 11.5. The minimum absolute atomic E-state index is 0.0708. The monoisotopic (exact) mass is 530 g/mol. The Balaban J connectivity index is 1.62. The Hall–Kier alpha value is -2.00. The third-order valence-corrected chi connectivity index (χ3v) is 11.5. The molecule has 0 heterocycles. The highest BCUT2D eigenvalue weighted by Gasteiger charge is 2.82. The highest BCUT2D eigenvalue weighted by atomic mass is 16.6. The van der Waals surface area contributed by atoms with Gasteiger partial charge in [0.1, 0.15) is 23.4 Å². The number of hydrogen-bond acceptors (Lipinski definition) is 8. The van der Waals surface area contributed by atoms with Crippen LogP contribution in [-0.4, -0.2) is 67.5 Å². The average Bonchev–Trinajstić information content (AvgIpc) is 3.10. The van der Waals surface area contributed by atoms with Gasteiger partial charge >= 0.3 is 11.9 Å². The SMILES string of the molecule is CC(=O)OC(C)C1(O)CCC2(O)C3(O)CCC4CC(O)CCC4(C)C3CC(OC(=O)c3ccccc3)C12C. The lowest BCUT2D eigenvalue weighted by molar-refractivity contribution is -0.340. The van der Waals surface area contributed by atoms with Crippen LogP contribution in [0.1, 0.15) is 89.4 Å². The molecule has 4 fully saturated rings. The van der Waals surface area contributed by atoms with Gasteiger partial charge < -0.3 is 29.9 Å². The van der Waals surface area contributed by atoms with E-state index in [4.69, 9.17) is 9.47 Å². The summed E-state index contributed by atoms with van der Waals surface area (Å²) in [6.07, 6.45) is 0.926. The Morgan fingerprint density at radius 2 is 1.66 bits per heavy atom. The molecule has 0 aromatic heterocycles. The number of esters is 2. The number of ether oxygens (including phenoxy) is 2. The molecule has 1 aromatic rings. The van der Waals surface area contributed by atoms with Gasteiger partial charge in [-0.05, 0) is 87.7 Å². The van der Waals surface area contributed by atoms with Gasteiger partial charge in [0.05, 0.1) is 22.7 Å². The minimum Gasteiger partial charge on any atom is -0.460 e. The number of rotatable bonds is 4. The molecule has 0 bridgehead atoms. The summed E-state index contributed by atoms with van der Waals surface area (Å²) in [6, 6.07) is 8.58. The van der Waals surface area contributed by atoms with Gasteiger partial charge in [-0.25, -0.2) is 4.79 Å². The maximum atomic E-state index is 13.4. The largest absolute Gasteiger partial charge is 0.460 e. The van der Waals surface area contributed by atoms with E-state index in [9.17, 15) is 30.0 Å². The molecule has 10 atom stereocenters. The highest BCUT2D eigenvalue weighted by molar-refractivity contribution is 5.89. The van der Waals surface area contributed by atoms with E-state index in [0.717, 1.165) is 0 Å². The van der Waals surface area contributed by atoms with Gasteiger partial charge in [-0.3, -0.25) is 4.79 Å². The van der Waals surface area contributed by atoms with Gasteiger partial charge in [0.2, 0.25) is 0 Å². The number of hydrogen-bond donors (Lipinski definition) is 4. The van der Waals surface area contributed by atoms with Crippen molar-refractivity contribution in [3.63, 3.8) is 0 Å². The quantitative estimate of drug-likeness (QED) is 0.437. The second-order valence-corrected chi connectivity index (χ2v) is 12.9. The molecule has 210 valence electrons. The van der Waals surface area contributed by atoms with Crippen molar-refractivity contribution in [2.45, 2.75) is 114 Å². The first-order valence-electron chi connectivity index (χ1n) is 14.0. The highest BCUT2D eigenvalue weighted by Crippen LogP contribution is 2.72. The predicted octanol–water partition coefficient (Wildman–Crippen LogP) is 3.14. The Morgan fingerprint density at radius 3 is 2.32 bits per heavy atom. The number of aliphatic hydroxyl groups is 4. The Kier molecular flexibility index (Phi) is 6.54. The molecule has 0 amide bonds. The first-order chi connectivity index (χ1) is 17.7. The summed E-state index contributed by atoms with van der Waals surface area (Å²) in [5, 5.41) is 47.9. The van der Waals surface area contributed by atoms with Crippen molar-refractivity contribution < 1.29 is 39.5 Å². The van der Waals surface area contributed by atoms with Crippen molar-refractivity contribution in [1.29, 1.82) is 0 Å². The lowest BCUT2D eigenvalue weighted by Gasteiger charge is -2.69. The first-order valence-corrected chi connectivity index (χ1v) is 14.0. The van der Waals surface area contributed by atoms with E-state index in [1.54, 1.807) is 44.2 Å². The van der Waals surface area contributed by atoms with Crippen molar-refractivity contribution in [3.8, 4) is 0 Å². The summed E-state index contributed by atoms with van der Waals surface area (Å²) >= 11 is 0. The second-order valence-electron chi connectivity index (χ2n) is 12.9. The van der Waals surface area contributed by atoms with Crippen molar-refractivity contribution in [3.05, 3.63) is 35.9 Å². The fourth-order valence-electron chi connectivity index (χ4n) is 9.20. The molecule has 38 heavy (non-hydrogen) atoms. The summed E-state index contributed by atoms with van der Waals surface area (Å²) in [5.74, 6) is -1.39. The van der Waals surface area contributed by atoms with Crippen molar-refractivity contribution in [2.24, 2.45) is 22.7 Å². The molecule has 4 aliphatic rings. The van der Waals surface area contributed by atoms with E-state index in [2.05, 4.69) is 6.92 Å². The standard InChI is InChI=1S/C30H42O8/c1-18(37-19(2)31)28(34)14-15-30(36)27(28,4)24(38-25(33)20-8-6-5-7-9-20)17-23-26(3)12-11-22(32)16-21(26)10-13-29(23,30)35/h5-9,18,21-24,32,34-36H,10-17H2,1-4H3. The van der Waals surface area contributed by atoms with E-state index < -0.39 is 52.3 Å². The number of carbonyl (C=O) groups excluding carboxylic acids is 2. The summed E-state index contributed by atoms with van der Waals surface area (Å²) < 4.78 is 11.7. The Morgan fingerprint density at radius 1 is 0.974 bits per heavy atom. The van der Waals surface area contributed by atoms with E-state index >= 15 is 0 Å². The molecule has 10 unspecified atom stereocenters. The zero-order chi connectivity index (χ0) is 27.7. The van der Waals surface area contributed by atoms with E-state index in [0.29, 0.717) is 37.7 Å². The average molecular weight is 531 g/mol. The number of benzene rings is 1. The van der Waals surface area contributed by atoms with Crippen LogP contribution in [0.4, 0.5) is 0 Å². The molecule has 5 rings (SSSR count). The topological polar surface area (TPSA) is 134 Å². The molecular weight excluding hydrogens is 488 g/mol. The lowest BCUT2D eigenvalue weighted by atomic mass is 9.40. The van der Waals surface area contributed by atoms with E-state index in [-0.39, 0.29) is 36.7 Å². The Bertz CT molecular complexity index is 1090. The van der Waals surface area contributed by atoms with Crippen molar-refractivity contribution in [1.82, 2.24) is 0 Å². The van der Waals surface area contributed by atoms with Crippen LogP contribution in [0.15, 0.2) is 30.3 Å². The molecule has 1 aromatic carbocycles. The van der Waals surface area contributed by atoms with Crippen molar-refractivity contribution in [2.75, 3.05) is 0 Å². The fourth-order valence-corrected chi connectivity index (χ4v) is 9.20. The first kappa shape index (κ1) is 27.6. The normalized spacial score (nSPS) is 46.7. The van der Waals surface area contributed by atoms with Crippen LogP contribution < -0.4 is 0 Å².